The Morgan fingerprint density at radius 2 is 1.48 bits per heavy atom. The zero-order valence-electron chi connectivity index (χ0n) is 16.0. The van der Waals surface area contributed by atoms with Crippen LogP contribution in [0.3, 0.4) is 0 Å². The smallest absolute Gasteiger partial charge is 0.106 e. The predicted molar refractivity (Wildman–Crippen MR) is 108 cm³/mol. The maximum atomic E-state index is 4.83. The lowest BCUT2D eigenvalue weighted by atomic mass is 10.1. The summed E-state index contributed by atoms with van der Waals surface area (Å²) < 4.78 is 0. The lowest BCUT2D eigenvalue weighted by Gasteiger charge is -2.06. The lowest BCUT2D eigenvalue weighted by Crippen LogP contribution is -2.03. The van der Waals surface area contributed by atoms with Crippen molar-refractivity contribution in [1.82, 2.24) is 15.0 Å². The number of oxime groups is 1. The molecule has 3 heterocycles. The highest BCUT2D eigenvalue weighted by Crippen LogP contribution is 2.16. The van der Waals surface area contributed by atoms with Crippen molar-refractivity contribution in [3.05, 3.63) is 77.4 Å². The second-order valence-electron chi connectivity index (χ2n) is 6.41. The molecule has 0 bridgehead atoms. The molecule has 0 aliphatic carbocycles. The summed E-state index contributed by atoms with van der Waals surface area (Å²) in [6, 6.07) is 18.1. The van der Waals surface area contributed by atoms with Crippen molar-refractivity contribution < 1.29 is 4.84 Å². The Hall–Kier alpha value is -3.08. The van der Waals surface area contributed by atoms with Crippen LogP contribution < -0.4 is 0 Å². The van der Waals surface area contributed by atoms with Crippen molar-refractivity contribution >= 4 is 5.71 Å². The van der Waals surface area contributed by atoms with Crippen LogP contribution in [0.2, 0.25) is 0 Å². The van der Waals surface area contributed by atoms with Crippen LogP contribution in [0.15, 0.2) is 59.8 Å². The monoisotopic (exact) mass is 360 g/mol. The van der Waals surface area contributed by atoms with Crippen LogP contribution in [0.4, 0.5) is 0 Å². The Morgan fingerprint density at radius 1 is 0.852 bits per heavy atom. The highest BCUT2D eigenvalue weighted by molar-refractivity contribution is 5.96. The number of aromatic nitrogens is 3. The molecular formula is C22H24N4O. The molecule has 0 saturated carbocycles. The molecule has 3 aromatic heterocycles. The Kier molecular flexibility index (Phi) is 6.26. The van der Waals surface area contributed by atoms with Crippen molar-refractivity contribution in [2.75, 3.05) is 7.11 Å². The molecular weight excluding hydrogens is 336 g/mol. The average molecular weight is 360 g/mol. The Morgan fingerprint density at radius 3 is 2.19 bits per heavy atom. The van der Waals surface area contributed by atoms with E-state index in [4.69, 9.17) is 9.82 Å². The summed E-state index contributed by atoms with van der Waals surface area (Å²) in [5.74, 6) is 0. The number of nitrogens with zero attached hydrogens (tertiary/aromatic N) is 4. The van der Waals surface area contributed by atoms with Gasteiger partial charge in [0.05, 0.1) is 17.1 Å². The van der Waals surface area contributed by atoms with Gasteiger partial charge in [-0.15, -0.1) is 0 Å². The van der Waals surface area contributed by atoms with Gasteiger partial charge in [-0.05, 0) is 69.5 Å². The van der Waals surface area contributed by atoms with Crippen LogP contribution in [0.1, 0.15) is 36.1 Å². The zero-order chi connectivity index (χ0) is 19.1. The molecule has 0 spiro atoms. The summed E-state index contributed by atoms with van der Waals surface area (Å²) in [7, 11) is 1.54. The second-order valence-corrected chi connectivity index (χ2v) is 6.41. The van der Waals surface area contributed by atoms with Crippen molar-refractivity contribution in [2.24, 2.45) is 5.16 Å². The number of pyridine rings is 3. The van der Waals surface area contributed by atoms with Crippen LogP contribution in [-0.4, -0.2) is 27.8 Å². The number of hydrogen-bond donors (Lipinski definition) is 0. The first kappa shape index (κ1) is 18.7. The van der Waals surface area contributed by atoms with E-state index in [1.807, 2.05) is 62.4 Å². The predicted octanol–water partition coefficient (Wildman–Crippen LogP) is 4.39. The standard InChI is InChI=1S/C22H24N4O/c1-16-8-4-14-21(23-16)22-15-7-12-19(25-22)10-5-9-18-11-6-13-20(24-18)17(2)26-27-3/h4,6-8,11-15H,5,9-10H2,1-3H3. The van der Waals surface area contributed by atoms with Gasteiger partial charge in [-0.3, -0.25) is 15.0 Å². The van der Waals surface area contributed by atoms with Crippen molar-refractivity contribution in [2.45, 2.75) is 33.1 Å². The van der Waals surface area contributed by atoms with Gasteiger partial charge in [-0.2, -0.15) is 0 Å². The molecule has 138 valence electrons. The molecule has 0 N–H and O–H groups in total. The third-order valence-electron chi connectivity index (χ3n) is 4.23. The van der Waals surface area contributed by atoms with E-state index in [0.29, 0.717) is 0 Å². The molecule has 0 fully saturated rings. The molecule has 0 radical (unpaired) electrons. The SMILES string of the molecule is CON=C(C)c1cccc(CCCc2cccc(-c3cccc(C)n3)n2)n1. The van der Waals surface area contributed by atoms with Gasteiger partial charge >= 0.3 is 0 Å². The molecule has 27 heavy (non-hydrogen) atoms. The maximum absolute atomic E-state index is 4.83. The minimum absolute atomic E-state index is 0.777. The molecule has 0 aliphatic rings. The minimum Gasteiger partial charge on any atom is -0.399 e. The van der Waals surface area contributed by atoms with Gasteiger partial charge < -0.3 is 4.84 Å². The van der Waals surface area contributed by atoms with E-state index >= 15 is 0 Å². The first-order chi connectivity index (χ1) is 13.2. The second kappa shape index (κ2) is 9.03. The summed E-state index contributed by atoms with van der Waals surface area (Å²) in [6.45, 7) is 3.89. The highest BCUT2D eigenvalue weighted by atomic mass is 16.6. The third-order valence-corrected chi connectivity index (χ3v) is 4.23. The molecule has 0 amide bonds. The Bertz CT molecular complexity index is 937. The molecule has 0 atom stereocenters. The number of rotatable bonds is 7. The largest absolute Gasteiger partial charge is 0.399 e. The summed E-state index contributed by atoms with van der Waals surface area (Å²) in [6.07, 6.45) is 2.77. The molecule has 5 heteroatoms. The van der Waals surface area contributed by atoms with E-state index in [2.05, 4.69) is 21.2 Å². The van der Waals surface area contributed by atoms with Gasteiger partial charge in [0.2, 0.25) is 0 Å². The van der Waals surface area contributed by atoms with Gasteiger partial charge in [0.15, 0.2) is 0 Å². The van der Waals surface area contributed by atoms with E-state index in [1.54, 1.807) is 7.11 Å². The first-order valence-electron chi connectivity index (χ1n) is 9.10. The fraction of sp³-hybridized carbons (Fsp3) is 0.273. The van der Waals surface area contributed by atoms with Crippen LogP contribution in [0, 0.1) is 6.92 Å². The molecule has 0 aliphatic heterocycles. The Labute approximate surface area is 160 Å². The van der Waals surface area contributed by atoms with E-state index < -0.39 is 0 Å². The molecule has 0 aromatic carbocycles. The maximum Gasteiger partial charge on any atom is 0.106 e. The normalized spacial score (nSPS) is 11.4. The fourth-order valence-corrected chi connectivity index (χ4v) is 2.90. The van der Waals surface area contributed by atoms with Gasteiger partial charge in [-0.1, -0.05) is 23.4 Å². The summed E-state index contributed by atoms with van der Waals surface area (Å²) in [5.41, 5.74) is 6.58. The van der Waals surface area contributed by atoms with Gasteiger partial charge in [-0.25, -0.2) is 0 Å². The quantitative estimate of drug-likeness (QED) is 0.463. The van der Waals surface area contributed by atoms with Gasteiger partial charge in [0, 0.05) is 17.1 Å². The number of hydrogen-bond acceptors (Lipinski definition) is 5. The summed E-state index contributed by atoms with van der Waals surface area (Å²) in [5, 5.41) is 3.95. The van der Waals surface area contributed by atoms with Gasteiger partial charge in [0.25, 0.3) is 0 Å². The summed E-state index contributed by atoms with van der Waals surface area (Å²) >= 11 is 0. The molecule has 5 nitrogen and oxygen atoms in total. The molecule has 3 aromatic rings. The minimum atomic E-state index is 0.777. The molecule has 3 rings (SSSR count). The van der Waals surface area contributed by atoms with Crippen LogP contribution in [0.5, 0.6) is 0 Å². The fourth-order valence-electron chi connectivity index (χ4n) is 2.90. The first-order valence-corrected chi connectivity index (χ1v) is 9.10. The van der Waals surface area contributed by atoms with Crippen molar-refractivity contribution in [3.8, 4) is 11.4 Å². The Balaban J connectivity index is 1.64. The van der Waals surface area contributed by atoms with E-state index in [1.165, 1.54) is 0 Å². The van der Waals surface area contributed by atoms with Crippen LogP contribution >= 0.6 is 0 Å². The highest BCUT2D eigenvalue weighted by Gasteiger charge is 2.05. The van der Waals surface area contributed by atoms with Crippen molar-refractivity contribution in [1.29, 1.82) is 0 Å². The topological polar surface area (TPSA) is 60.3 Å². The van der Waals surface area contributed by atoms with Crippen molar-refractivity contribution in [3.63, 3.8) is 0 Å². The van der Waals surface area contributed by atoms with Gasteiger partial charge in [0.1, 0.15) is 12.8 Å². The molecule has 0 saturated heterocycles. The average Bonchev–Trinajstić information content (AvgIpc) is 2.69. The zero-order valence-corrected chi connectivity index (χ0v) is 16.0. The van der Waals surface area contributed by atoms with E-state index in [-0.39, 0.29) is 0 Å². The summed E-state index contributed by atoms with van der Waals surface area (Å²) in [4.78, 5) is 18.8. The number of aryl methyl sites for hydroxylation is 3. The van der Waals surface area contributed by atoms with Crippen LogP contribution in [0.25, 0.3) is 11.4 Å². The lowest BCUT2D eigenvalue weighted by molar-refractivity contribution is 0.213. The van der Waals surface area contributed by atoms with E-state index in [0.717, 1.165) is 59.1 Å². The van der Waals surface area contributed by atoms with Crippen LogP contribution in [-0.2, 0) is 17.7 Å². The third kappa shape index (κ3) is 5.20. The van der Waals surface area contributed by atoms with E-state index in [9.17, 15) is 0 Å². The molecule has 0 unspecified atom stereocenters.